The minimum Gasteiger partial charge on any atom is -0.208 e. The zero-order valence-electron chi connectivity index (χ0n) is 34.8. The van der Waals surface area contributed by atoms with Crippen LogP contribution in [0.5, 0.6) is 0 Å². The van der Waals surface area contributed by atoms with E-state index < -0.39 is 0 Å². The lowest BCUT2D eigenvalue weighted by atomic mass is 9.92. The summed E-state index contributed by atoms with van der Waals surface area (Å²) in [6, 6.07) is 81.9. The standard InChI is InChI=1S/C60H41N3/c1-40-12-9-20-51(36-40)56-35-34-53(39-57(56)45-14-3-2-4-15-45)60-62-58(47-31-29-46(30-32-47)55-23-11-18-44-16-7-8-22-54(44)55)61-59(63-60)52-21-10-19-49(38-52)42-24-26-43(27-25-42)50-33-28-41-13-5-6-17-48(41)37-50/h2-39H,1H3. The van der Waals surface area contributed by atoms with Crippen LogP contribution in [0.1, 0.15) is 5.56 Å². The molecule has 0 unspecified atom stereocenters. The first kappa shape index (κ1) is 37.7. The molecule has 63 heavy (non-hydrogen) atoms. The summed E-state index contributed by atoms with van der Waals surface area (Å²) in [6.07, 6.45) is 0. The van der Waals surface area contributed by atoms with Gasteiger partial charge in [0.2, 0.25) is 0 Å². The number of aromatic nitrogens is 3. The van der Waals surface area contributed by atoms with Crippen LogP contribution in [0, 0.1) is 6.92 Å². The molecule has 0 bridgehead atoms. The quantitative estimate of drug-likeness (QED) is 0.154. The summed E-state index contributed by atoms with van der Waals surface area (Å²) in [5.74, 6) is 1.85. The summed E-state index contributed by atoms with van der Waals surface area (Å²) in [7, 11) is 0. The first-order chi connectivity index (χ1) is 31.1. The summed E-state index contributed by atoms with van der Waals surface area (Å²) < 4.78 is 0. The summed E-state index contributed by atoms with van der Waals surface area (Å²) in [5, 5.41) is 4.93. The fraction of sp³-hybridized carbons (Fsp3) is 0.0167. The number of rotatable bonds is 8. The molecule has 0 aliphatic carbocycles. The minimum atomic E-state index is 0.617. The Morgan fingerprint density at radius 2 is 0.730 bits per heavy atom. The molecular formula is C60H41N3. The molecule has 0 saturated carbocycles. The SMILES string of the molecule is Cc1cccc(-c2ccc(-c3nc(-c4ccc(-c5cccc6ccccc56)cc4)nc(-c4cccc(-c5ccc(-c6ccc7ccccc7c6)cc5)c4)n3)cc2-c2ccccc2)c1. The number of hydrogen-bond donors (Lipinski definition) is 0. The van der Waals surface area contributed by atoms with Crippen molar-refractivity contribution in [1.29, 1.82) is 0 Å². The minimum absolute atomic E-state index is 0.617. The van der Waals surface area contributed by atoms with Crippen molar-refractivity contribution in [3.05, 3.63) is 236 Å². The van der Waals surface area contributed by atoms with Gasteiger partial charge in [0.25, 0.3) is 0 Å². The highest BCUT2D eigenvalue weighted by Gasteiger charge is 2.17. The van der Waals surface area contributed by atoms with Crippen LogP contribution in [0.25, 0.3) is 111 Å². The van der Waals surface area contributed by atoms with E-state index in [2.05, 4.69) is 237 Å². The Bertz CT molecular complexity index is 3440. The van der Waals surface area contributed by atoms with E-state index in [4.69, 9.17) is 15.0 Å². The molecule has 0 radical (unpaired) electrons. The Morgan fingerprint density at radius 1 is 0.238 bits per heavy atom. The molecule has 11 aromatic rings. The summed E-state index contributed by atoms with van der Waals surface area (Å²) >= 11 is 0. The van der Waals surface area contributed by atoms with E-state index in [1.54, 1.807) is 0 Å². The van der Waals surface area contributed by atoms with Crippen molar-refractivity contribution in [2.24, 2.45) is 0 Å². The maximum absolute atomic E-state index is 5.24. The third kappa shape index (κ3) is 7.58. The molecule has 3 heteroatoms. The van der Waals surface area contributed by atoms with Gasteiger partial charge in [0.1, 0.15) is 0 Å². The average molecular weight is 804 g/mol. The molecule has 1 heterocycles. The maximum atomic E-state index is 5.24. The normalized spacial score (nSPS) is 11.3. The number of fused-ring (bicyclic) bond motifs is 2. The molecule has 296 valence electrons. The van der Waals surface area contributed by atoms with Gasteiger partial charge in [-0.3, -0.25) is 0 Å². The number of benzene rings is 10. The van der Waals surface area contributed by atoms with Crippen LogP contribution >= 0.6 is 0 Å². The van der Waals surface area contributed by atoms with E-state index in [1.807, 2.05) is 0 Å². The van der Waals surface area contributed by atoms with Gasteiger partial charge in [0.15, 0.2) is 17.5 Å². The van der Waals surface area contributed by atoms with Gasteiger partial charge in [-0.25, -0.2) is 15.0 Å². The second-order valence-corrected chi connectivity index (χ2v) is 16.1. The molecule has 10 aromatic carbocycles. The second-order valence-electron chi connectivity index (χ2n) is 16.1. The van der Waals surface area contributed by atoms with Crippen molar-refractivity contribution < 1.29 is 0 Å². The van der Waals surface area contributed by atoms with Gasteiger partial charge in [-0.1, -0.05) is 218 Å². The molecule has 3 nitrogen and oxygen atoms in total. The van der Waals surface area contributed by atoms with Gasteiger partial charge >= 0.3 is 0 Å². The Labute approximate surface area is 367 Å². The highest BCUT2D eigenvalue weighted by atomic mass is 15.0. The van der Waals surface area contributed by atoms with Crippen molar-refractivity contribution in [3.8, 4) is 89.8 Å². The molecule has 0 aliphatic heterocycles. The Morgan fingerprint density at radius 3 is 1.49 bits per heavy atom. The van der Waals surface area contributed by atoms with Crippen molar-refractivity contribution in [2.45, 2.75) is 6.92 Å². The predicted octanol–water partition coefficient (Wildman–Crippen LogP) is 15.8. The number of nitrogens with zero attached hydrogens (tertiary/aromatic N) is 3. The Hall–Kier alpha value is -8.27. The van der Waals surface area contributed by atoms with Crippen LogP contribution in [0.4, 0.5) is 0 Å². The lowest BCUT2D eigenvalue weighted by Gasteiger charge is -2.14. The third-order valence-corrected chi connectivity index (χ3v) is 12.0. The van der Waals surface area contributed by atoms with Crippen LogP contribution < -0.4 is 0 Å². The topological polar surface area (TPSA) is 38.7 Å². The number of hydrogen-bond acceptors (Lipinski definition) is 3. The van der Waals surface area contributed by atoms with Crippen LogP contribution in [-0.4, -0.2) is 15.0 Å². The fourth-order valence-electron chi connectivity index (χ4n) is 8.71. The zero-order valence-corrected chi connectivity index (χ0v) is 34.8. The fourth-order valence-corrected chi connectivity index (χ4v) is 8.71. The molecular weight excluding hydrogens is 763 g/mol. The average Bonchev–Trinajstić information content (AvgIpc) is 3.36. The van der Waals surface area contributed by atoms with Crippen molar-refractivity contribution in [1.82, 2.24) is 15.0 Å². The van der Waals surface area contributed by atoms with E-state index in [9.17, 15) is 0 Å². The highest BCUT2D eigenvalue weighted by Crippen LogP contribution is 2.37. The van der Waals surface area contributed by atoms with Gasteiger partial charge in [-0.15, -0.1) is 0 Å². The second kappa shape index (κ2) is 16.3. The summed E-state index contributed by atoms with van der Waals surface area (Å²) in [6.45, 7) is 2.14. The molecule has 0 spiro atoms. The summed E-state index contributed by atoms with van der Waals surface area (Å²) in [5.41, 5.74) is 15.5. The molecule has 0 atom stereocenters. The maximum Gasteiger partial charge on any atom is 0.164 e. The molecule has 0 N–H and O–H groups in total. The lowest BCUT2D eigenvalue weighted by molar-refractivity contribution is 1.07. The van der Waals surface area contributed by atoms with E-state index in [-0.39, 0.29) is 0 Å². The first-order valence-corrected chi connectivity index (χ1v) is 21.4. The zero-order chi connectivity index (χ0) is 42.1. The van der Waals surface area contributed by atoms with Crippen molar-refractivity contribution in [3.63, 3.8) is 0 Å². The monoisotopic (exact) mass is 803 g/mol. The lowest BCUT2D eigenvalue weighted by Crippen LogP contribution is -2.01. The number of aryl methyl sites for hydroxylation is 1. The first-order valence-electron chi connectivity index (χ1n) is 21.4. The molecule has 0 fully saturated rings. The van der Waals surface area contributed by atoms with Gasteiger partial charge in [0.05, 0.1) is 0 Å². The smallest absolute Gasteiger partial charge is 0.164 e. The van der Waals surface area contributed by atoms with E-state index in [0.717, 1.165) is 50.1 Å². The van der Waals surface area contributed by atoms with Gasteiger partial charge in [-0.2, -0.15) is 0 Å². The molecule has 1 aromatic heterocycles. The van der Waals surface area contributed by atoms with Crippen LogP contribution in [0.3, 0.4) is 0 Å². The Balaban J connectivity index is 1.01. The Kier molecular flexibility index (Phi) is 9.76. The van der Waals surface area contributed by atoms with E-state index in [0.29, 0.717) is 17.5 Å². The van der Waals surface area contributed by atoms with E-state index in [1.165, 1.54) is 49.4 Å². The van der Waals surface area contributed by atoms with Crippen LogP contribution in [0.15, 0.2) is 231 Å². The predicted molar refractivity (Wildman–Crippen MR) is 263 cm³/mol. The molecule has 0 saturated heterocycles. The van der Waals surface area contributed by atoms with Gasteiger partial charge in [0, 0.05) is 16.7 Å². The molecule has 11 rings (SSSR count). The van der Waals surface area contributed by atoms with E-state index >= 15 is 0 Å². The van der Waals surface area contributed by atoms with Crippen LogP contribution in [0.2, 0.25) is 0 Å². The van der Waals surface area contributed by atoms with Gasteiger partial charge < -0.3 is 0 Å². The summed E-state index contributed by atoms with van der Waals surface area (Å²) in [4.78, 5) is 15.7. The van der Waals surface area contributed by atoms with Crippen LogP contribution in [-0.2, 0) is 0 Å². The van der Waals surface area contributed by atoms with Crippen molar-refractivity contribution >= 4 is 21.5 Å². The molecule has 0 amide bonds. The highest BCUT2D eigenvalue weighted by molar-refractivity contribution is 5.97. The third-order valence-electron chi connectivity index (χ3n) is 12.0. The van der Waals surface area contributed by atoms with Crippen molar-refractivity contribution in [2.75, 3.05) is 0 Å². The molecule has 0 aliphatic rings. The largest absolute Gasteiger partial charge is 0.208 e. The van der Waals surface area contributed by atoms with Gasteiger partial charge in [-0.05, 0) is 102 Å².